The summed E-state index contributed by atoms with van der Waals surface area (Å²) in [6.45, 7) is 2.18. The Balaban J connectivity index is 2.23. The van der Waals surface area contributed by atoms with Crippen molar-refractivity contribution < 1.29 is 13.6 Å². The number of primary amides is 1. The van der Waals surface area contributed by atoms with Crippen molar-refractivity contribution in [1.82, 2.24) is 9.78 Å². The molecule has 2 rings (SSSR count). The molecule has 0 spiro atoms. The topological polar surface area (TPSA) is 72.9 Å². The van der Waals surface area contributed by atoms with Crippen molar-refractivity contribution in [3.8, 4) is 0 Å². The van der Waals surface area contributed by atoms with Crippen LogP contribution < -0.4 is 11.1 Å². The molecule has 3 N–H and O–H groups in total. The van der Waals surface area contributed by atoms with Crippen LogP contribution in [0, 0.1) is 18.6 Å². The lowest BCUT2D eigenvalue weighted by atomic mass is 10.1. The molecule has 0 aliphatic rings. The molecule has 1 aromatic heterocycles. The van der Waals surface area contributed by atoms with Gasteiger partial charge in [0.05, 0.1) is 17.4 Å². The molecule has 0 aliphatic carbocycles. The second kappa shape index (κ2) is 5.28. The number of nitrogens with one attached hydrogen (secondary N) is 1. The normalized spacial score (nSPS) is 10.6. The van der Waals surface area contributed by atoms with Gasteiger partial charge in [-0.1, -0.05) is 0 Å². The van der Waals surface area contributed by atoms with Crippen LogP contribution in [0.25, 0.3) is 0 Å². The number of amides is 1. The highest BCUT2D eigenvalue weighted by molar-refractivity contribution is 5.94. The molecule has 2 aromatic rings. The van der Waals surface area contributed by atoms with Crippen molar-refractivity contribution in [1.29, 1.82) is 0 Å². The van der Waals surface area contributed by atoms with Crippen molar-refractivity contribution in [3.05, 3.63) is 46.8 Å². The van der Waals surface area contributed by atoms with Gasteiger partial charge in [-0.25, -0.2) is 8.78 Å². The van der Waals surface area contributed by atoms with Crippen LogP contribution in [0.5, 0.6) is 0 Å². The van der Waals surface area contributed by atoms with Crippen molar-refractivity contribution >= 4 is 11.6 Å². The summed E-state index contributed by atoms with van der Waals surface area (Å²) in [5.41, 5.74) is 6.49. The van der Waals surface area contributed by atoms with Gasteiger partial charge in [0.15, 0.2) is 0 Å². The SMILES string of the molecule is Cc1c(CNc2cc(C(N)=O)c(F)cc2F)cnn1C. The number of hydrogen-bond acceptors (Lipinski definition) is 3. The second-order valence-corrected chi connectivity index (χ2v) is 4.41. The van der Waals surface area contributed by atoms with Gasteiger partial charge in [0.1, 0.15) is 11.6 Å². The Morgan fingerprint density at radius 1 is 1.40 bits per heavy atom. The second-order valence-electron chi connectivity index (χ2n) is 4.41. The molecule has 5 nitrogen and oxygen atoms in total. The molecule has 1 heterocycles. The Hall–Kier alpha value is -2.44. The molecule has 0 unspecified atom stereocenters. The highest BCUT2D eigenvalue weighted by Crippen LogP contribution is 2.20. The van der Waals surface area contributed by atoms with Gasteiger partial charge in [-0.05, 0) is 13.0 Å². The number of carbonyl (C=O) groups is 1. The van der Waals surface area contributed by atoms with E-state index < -0.39 is 17.5 Å². The quantitative estimate of drug-likeness (QED) is 0.895. The Morgan fingerprint density at radius 3 is 2.65 bits per heavy atom. The van der Waals surface area contributed by atoms with E-state index in [0.29, 0.717) is 12.6 Å². The predicted octanol–water partition coefficient (Wildman–Crippen LogP) is 1.72. The summed E-state index contributed by atoms with van der Waals surface area (Å²) in [6.07, 6.45) is 1.65. The zero-order valence-corrected chi connectivity index (χ0v) is 11.1. The van der Waals surface area contributed by atoms with Crippen LogP contribution in [-0.2, 0) is 13.6 Å². The van der Waals surface area contributed by atoms with Crippen LogP contribution >= 0.6 is 0 Å². The van der Waals surface area contributed by atoms with Crippen LogP contribution in [0.1, 0.15) is 21.6 Å². The van der Waals surface area contributed by atoms with E-state index in [1.54, 1.807) is 17.9 Å². The fraction of sp³-hybridized carbons (Fsp3) is 0.231. The van der Waals surface area contributed by atoms with Crippen molar-refractivity contribution in [2.24, 2.45) is 12.8 Å². The maximum atomic E-state index is 13.6. The first-order chi connectivity index (χ1) is 9.40. The number of benzene rings is 1. The standard InChI is InChI=1S/C13H14F2N4O/c1-7-8(6-18-19(7)2)5-17-12-3-9(13(16)20)10(14)4-11(12)15/h3-4,6,17H,5H2,1-2H3,(H2,16,20). The van der Waals surface area contributed by atoms with Crippen LogP contribution in [-0.4, -0.2) is 15.7 Å². The summed E-state index contributed by atoms with van der Waals surface area (Å²) in [5.74, 6) is -2.70. The molecule has 0 bridgehead atoms. The first-order valence-electron chi connectivity index (χ1n) is 5.90. The minimum atomic E-state index is -0.974. The van der Waals surface area contributed by atoms with E-state index in [9.17, 15) is 13.6 Å². The van der Waals surface area contributed by atoms with Gasteiger partial charge < -0.3 is 11.1 Å². The third-order valence-electron chi connectivity index (χ3n) is 3.13. The van der Waals surface area contributed by atoms with Crippen molar-refractivity contribution in [3.63, 3.8) is 0 Å². The largest absolute Gasteiger partial charge is 0.378 e. The number of aryl methyl sites for hydroxylation is 1. The summed E-state index contributed by atoms with van der Waals surface area (Å²) < 4.78 is 28.6. The molecule has 0 atom stereocenters. The van der Waals surface area contributed by atoms with Gasteiger partial charge in [0.2, 0.25) is 0 Å². The van der Waals surface area contributed by atoms with E-state index in [1.165, 1.54) is 0 Å². The molecule has 106 valence electrons. The van der Waals surface area contributed by atoms with Gasteiger partial charge in [0, 0.05) is 30.9 Å². The minimum absolute atomic E-state index is 0.0171. The number of rotatable bonds is 4. The van der Waals surface area contributed by atoms with Crippen molar-refractivity contribution in [2.45, 2.75) is 13.5 Å². The molecule has 0 saturated heterocycles. The third-order valence-corrected chi connectivity index (χ3v) is 3.13. The maximum absolute atomic E-state index is 13.6. The maximum Gasteiger partial charge on any atom is 0.251 e. The summed E-state index contributed by atoms with van der Waals surface area (Å²) in [6, 6.07) is 1.71. The van der Waals surface area contributed by atoms with Crippen molar-refractivity contribution in [2.75, 3.05) is 5.32 Å². The zero-order valence-electron chi connectivity index (χ0n) is 11.1. The van der Waals surface area contributed by atoms with Gasteiger partial charge in [0.25, 0.3) is 5.91 Å². The average Bonchev–Trinajstić information content (AvgIpc) is 2.69. The lowest BCUT2D eigenvalue weighted by Gasteiger charge is -2.09. The Morgan fingerprint density at radius 2 is 2.10 bits per heavy atom. The van der Waals surface area contributed by atoms with Gasteiger partial charge >= 0.3 is 0 Å². The molecule has 1 amide bonds. The number of halogens is 2. The van der Waals surface area contributed by atoms with Gasteiger partial charge in [-0.15, -0.1) is 0 Å². The first kappa shape index (κ1) is 14.0. The van der Waals surface area contributed by atoms with Gasteiger partial charge in [-0.3, -0.25) is 9.48 Å². The molecular formula is C13H14F2N4O. The number of nitrogens with two attached hydrogens (primary N) is 1. The number of carbonyl (C=O) groups excluding carboxylic acids is 1. The average molecular weight is 280 g/mol. The van der Waals surface area contributed by atoms with Crippen LogP contribution in [0.2, 0.25) is 0 Å². The highest BCUT2D eigenvalue weighted by atomic mass is 19.1. The molecule has 0 fully saturated rings. The number of anilines is 1. The van der Waals surface area contributed by atoms with E-state index in [-0.39, 0.29) is 11.3 Å². The van der Waals surface area contributed by atoms with E-state index in [1.807, 2.05) is 6.92 Å². The zero-order chi connectivity index (χ0) is 14.9. The Kier molecular flexibility index (Phi) is 3.69. The Labute approximate surface area is 114 Å². The van der Waals surface area contributed by atoms with E-state index in [2.05, 4.69) is 10.4 Å². The molecule has 7 heteroatoms. The number of aromatic nitrogens is 2. The lowest BCUT2D eigenvalue weighted by Crippen LogP contribution is -2.14. The monoisotopic (exact) mass is 280 g/mol. The molecule has 0 aliphatic heterocycles. The fourth-order valence-corrected chi connectivity index (χ4v) is 1.78. The van der Waals surface area contributed by atoms with E-state index in [0.717, 1.165) is 17.3 Å². The highest BCUT2D eigenvalue weighted by Gasteiger charge is 2.14. The number of nitrogens with zero attached hydrogens (tertiary/aromatic N) is 2. The molecule has 1 aromatic carbocycles. The predicted molar refractivity (Wildman–Crippen MR) is 70.1 cm³/mol. The van der Waals surface area contributed by atoms with Gasteiger partial charge in [-0.2, -0.15) is 5.10 Å². The molecule has 20 heavy (non-hydrogen) atoms. The summed E-state index contributed by atoms with van der Waals surface area (Å²) in [5, 5.41) is 6.86. The Bertz CT molecular complexity index is 667. The third kappa shape index (κ3) is 2.61. The molecular weight excluding hydrogens is 266 g/mol. The molecule has 0 radical (unpaired) electrons. The molecule has 0 saturated carbocycles. The van der Waals surface area contributed by atoms with Crippen LogP contribution in [0.3, 0.4) is 0 Å². The summed E-state index contributed by atoms with van der Waals surface area (Å²) >= 11 is 0. The van der Waals surface area contributed by atoms with Crippen LogP contribution in [0.15, 0.2) is 18.3 Å². The first-order valence-corrected chi connectivity index (χ1v) is 5.90. The van der Waals surface area contributed by atoms with E-state index in [4.69, 9.17) is 5.73 Å². The summed E-state index contributed by atoms with van der Waals surface area (Å²) in [7, 11) is 1.79. The lowest BCUT2D eigenvalue weighted by molar-refractivity contribution is 0.0996. The smallest absolute Gasteiger partial charge is 0.251 e. The van der Waals surface area contributed by atoms with E-state index >= 15 is 0 Å². The number of hydrogen-bond donors (Lipinski definition) is 2. The minimum Gasteiger partial charge on any atom is -0.378 e. The summed E-state index contributed by atoms with van der Waals surface area (Å²) in [4.78, 5) is 11.0. The van der Waals surface area contributed by atoms with Crippen LogP contribution in [0.4, 0.5) is 14.5 Å². The fourth-order valence-electron chi connectivity index (χ4n) is 1.78.